The highest BCUT2D eigenvalue weighted by molar-refractivity contribution is 7.89. The van der Waals surface area contributed by atoms with Gasteiger partial charge in [-0.3, -0.25) is 9.69 Å². The average molecular weight is 430 g/mol. The van der Waals surface area contributed by atoms with Crippen molar-refractivity contribution in [2.45, 2.75) is 36.9 Å². The van der Waals surface area contributed by atoms with E-state index in [4.69, 9.17) is 4.74 Å². The Hall–Kier alpha value is -2.26. The van der Waals surface area contributed by atoms with Gasteiger partial charge < -0.3 is 10.1 Å². The Morgan fingerprint density at radius 2 is 1.77 bits per heavy atom. The molecule has 1 amide bonds. The number of hydrogen-bond acceptors (Lipinski definition) is 5. The number of benzene rings is 2. The van der Waals surface area contributed by atoms with E-state index in [2.05, 4.69) is 14.9 Å². The quantitative estimate of drug-likeness (QED) is 0.669. The van der Waals surface area contributed by atoms with E-state index < -0.39 is 10.0 Å². The smallest absolute Gasteiger partial charge is 0.251 e. The molecule has 1 heterocycles. The molecule has 1 aliphatic heterocycles. The zero-order valence-corrected chi connectivity index (χ0v) is 17.7. The molecule has 0 radical (unpaired) electrons. The van der Waals surface area contributed by atoms with Gasteiger partial charge in [-0.05, 0) is 48.2 Å². The summed E-state index contributed by atoms with van der Waals surface area (Å²) in [5, 5.41) is 2.91. The molecule has 2 aromatic rings. The Kier molecular flexibility index (Phi) is 6.48. The lowest BCUT2D eigenvalue weighted by Crippen LogP contribution is -2.35. The molecule has 1 aliphatic carbocycles. The Morgan fingerprint density at radius 1 is 1.03 bits per heavy atom. The number of rotatable bonds is 8. The highest BCUT2D eigenvalue weighted by atomic mass is 32.2. The van der Waals surface area contributed by atoms with Crippen LogP contribution < -0.4 is 10.0 Å². The Balaban J connectivity index is 1.32. The van der Waals surface area contributed by atoms with Gasteiger partial charge in [-0.2, -0.15) is 0 Å². The van der Waals surface area contributed by atoms with Crippen LogP contribution in [0, 0.1) is 0 Å². The molecule has 7 nitrogen and oxygen atoms in total. The molecular weight excluding hydrogens is 402 g/mol. The summed E-state index contributed by atoms with van der Waals surface area (Å²) in [7, 11) is -3.45. The third-order valence-corrected chi connectivity index (χ3v) is 6.82. The lowest BCUT2D eigenvalue weighted by atomic mass is 10.1. The highest BCUT2D eigenvalue weighted by Crippen LogP contribution is 2.22. The largest absolute Gasteiger partial charge is 0.379 e. The number of nitrogens with one attached hydrogen (secondary N) is 2. The molecule has 8 heteroatoms. The maximum atomic E-state index is 12.6. The van der Waals surface area contributed by atoms with Crippen molar-refractivity contribution >= 4 is 15.9 Å². The van der Waals surface area contributed by atoms with Gasteiger partial charge in [0.1, 0.15) is 0 Å². The van der Waals surface area contributed by atoms with Crippen molar-refractivity contribution in [3.63, 3.8) is 0 Å². The standard InChI is InChI=1S/C22H27N3O4S/c26-22(19-3-1-2-18(14-19)16-25-10-12-29-13-11-25)23-15-17-4-8-21(9-5-17)30(27,28)24-20-6-7-20/h1-5,8-9,14,20,24H,6-7,10-13,15-16H2,(H,23,26). The number of nitrogens with zero attached hydrogens (tertiary/aromatic N) is 1. The summed E-state index contributed by atoms with van der Waals surface area (Å²) < 4.78 is 32.5. The molecule has 2 aromatic carbocycles. The third kappa shape index (κ3) is 5.66. The fourth-order valence-corrected chi connectivity index (χ4v) is 4.69. The van der Waals surface area contributed by atoms with E-state index in [0.29, 0.717) is 12.1 Å². The number of sulfonamides is 1. The van der Waals surface area contributed by atoms with Gasteiger partial charge in [0, 0.05) is 37.8 Å². The minimum atomic E-state index is -3.45. The minimum absolute atomic E-state index is 0.0768. The first kappa shape index (κ1) is 21.0. The lowest BCUT2D eigenvalue weighted by molar-refractivity contribution is 0.0342. The predicted molar refractivity (Wildman–Crippen MR) is 113 cm³/mol. The van der Waals surface area contributed by atoms with Crippen LogP contribution in [0.5, 0.6) is 0 Å². The SMILES string of the molecule is O=C(NCc1ccc(S(=O)(=O)NC2CC2)cc1)c1cccc(CN2CCOCC2)c1. The van der Waals surface area contributed by atoms with Crippen molar-refractivity contribution < 1.29 is 17.9 Å². The van der Waals surface area contributed by atoms with Crippen LogP contribution in [0.4, 0.5) is 0 Å². The number of ether oxygens (including phenoxy) is 1. The number of morpholine rings is 1. The third-order valence-electron chi connectivity index (χ3n) is 5.28. The van der Waals surface area contributed by atoms with Gasteiger partial charge in [0.2, 0.25) is 10.0 Å². The van der Waals surface area contributed by atoms with Crippen LogP contribution in [-0.2, 0) is 27.8 Å². The molecular formula is C22H27N3O4S. The summed E-state index contributed by atoms with van der Waals surface area (Å²) in [6.45, 7) is 4.43. The maximum absolute atomic E-state index is 12.6. The van der Waals surface area contributed by atoms with E-state index in [-0.39, 0.29) is 16.8 Å². The van der Waals surface area contributed by atoms with Gasteiger partial charge in [-0.1, -0.05) is 24.3 Å². The van der Waals surface area contributed by atoms with Crippen LogP contribution >= 0.6 is 0 Å². The van der Waals surface area contributed by atoms with Crippen molar-refractivity contribution in [3.05, 3.63) is 65.2 Å². The summed E-state index contributed by atoms with van der Waals surface area (Å²) in [5.74, 6) is -0.147. The van der Waals surface area contributed by atoms with Crippen LogP contribution in [0.1, 0.15) is 34.3 Å². The van der Waals surface area contributed by atoms with Crippen molar-refractivity contribution in [1.82, 2.24) is 14.9 Å². The normalized spacial score (nSPS) is 17.6. The highest BCUT2D eigenvalue weighted by Gasteiger charge is 2.27. The molecule has 4 rings (SSSR count). The molecule has 2 aliphatic rings. The number of hydrogen-bond donors (Lipinski definition) is 2. The van der Waals surface area contributed by atoms with Gasteiger partial charge in [0.15, 0.2) is 0 Å². The van der Waals surface area contributed by atoms with Gasteiger partial charge >= 0.3 is 0 Å². The van der Waals surface area contributed by atoms with E-state index in [1.165, 1.54) is 0 Å². The number of carbonyl (C=O) groups excluding carboxylic acids is 1. The van der Waals surface area contributed by atoms with Crippen LogP contribution in [0.25, 0.3) is 0 Å². The molecule has 2 N–H and O–H groups in total. The zero-order chi connectivity index (χ0) is 21.0. The van der Waals surface area contributed by atoms with Gasteiger partial charge in [-0.25, -0.2) is 13.1 Å². The second-order valence-corrected chi connectivity index (χ2v) is 9.53. The topological polar surface area (TPSA) is 87.7 Å². The summed E-state index contributed by atoms with van der Waals surface area (Å²) in [5.41, 5.74) is 2.56. The molecule has 0 unspecified atom stereocenters. The molecule has 2 fully saturated rings. The molecule has 0 bridgehead atoms. The summed E-state index contributed by atoms with van der Waals surface area (Å²) >= 11 is 0. The van der Waals surface area contributed by atoms with Gasteiger partial charge in [0.05, 0.1) is 18.1 Å². The summed E-state index contributed by atoms with van der Waals surface area (Å²) in [6, 6.07) is 14.4. The van der Waals surface area contributed by atoms with E-state index in [1.54, 1.807) is 30.3 Å². The Bertz CT molecular complexity index is 982. The molecule has 160 valence electrons. The van der Waals surface area contributed by atoms with Crippen LogP contribution in [0.2, 0.25) is 0 Å². The van der Waals surface area contributed by atoms with Gasteiger partial charge in [-0.15, -0.1) is 0 Å². The molecule has 1 saturated heterocycles. The molecule has 30 heavy (non-hydrogen) atoms. The van der Waals surface area contributed by atoms with Gasteiger partial charge in [0.25, 0.3) is 5.91 Å². The Morgan fingerprint density at radius 3 is 2.47 bits per heavy atom. The number of carbonyl (C=O) groups is 1. The Labute approximate surface area is 177 Å². The molecule has 1 saturated carbocycles. The fraction of sp³-hybridized carbons (Fsp3) is 0.409. The first-order valence-corrected chi connectivity index (χ1v) is 11.8. The van der Waals surface area contributed by atoms with Crippen molar-refractivity contribution in [2.24, 2.45) is 0 Å². The molecule has 0 aromatic heterocycles. The molecule has 0 spiro atoms. The second kappa shape index (κ2) is 9.26. The van der Waals surface area contributed by atoms with Crippen LogP contribution in [0.15, 0.2) is 53.4 Å². The van der Waals surface area contributed by atoms with E-state index in [9.17, 15) is 13.2 Å². The van der Waals surface area contributed by atoms with E-state index in [1.807, 2.05) is 18.2 Å². The van der Waals surface area contributed by atoms with E-state index >= 15 is 0 Å². The van der Waals surface area contributed by atoms with Crippen LogP contribution in [-0.4, -0.2) is 51.6 Å². The minimum Gasteiger partial charge on any atom is -0.379 e. The fourth-order valence-electron chi connectivity index (χ4n) is 3.39. The second-order valence-electron chi connectivity index (χ2n) is 7.81. The average Bonchev–Trinajstić information content (AvgIpc) is 3.56. The summed E-state index contributed by atoms with van der Waals surface area (Å²) in [4.78, 5) is 15.1. The predicted octanol–water partition coefficient (Wildman–Crippen LogP) is 1.89. The van der Waals surface area contributed by atoms with Crippen molar-refractivity contribution in [3.8, 4) is 0 Å². The first-order valence-electron chi connectivity index (χ1n) is 10.3. The van der Waals surface area contributed by atoms with Crippen molar-refractivity contribution in [1.29, 1.82) is 0 Å². The maximum Gasteiger partial charge on any atom is 0.251 e. The van der Waals surface area contributed by atoms with E-state index in [0.717, 1.165) is 56.8 Å². The summed E-state index contributed by atoms with van der Waals surface area (Å²) in [6.07, 6.45) is 1.80. The zero-order valence-electron chi connectivity index (χ0n) is 16.8. The monoisotopic (exact) mass is 429 g/mol. The number of amides is 1. The first-order chi connectivity index (χ1) is 14.5. The lowest BCUT2D eigenvalue weighted by Gasteiger charge is -2.26. The molecule has 0 atom stereocenters. The van der Waals surface area contributed by atoms with Crippen molar-refractivity contribution in [2.75, 3.05) is 26.3 Å². The van der Waals surface area contributed by atoms with Crippen LogP contribution in [0.3, 0.4) is 0 Å².